The first kappa shape index (κ1) is 15.0. The predicted octanol–water partition coefficient (Wildman–Crippen LogP) is 3.36. The van der Waals surface area contributed by atoms with Gasteiger partial charge in [-0.05, 0) is 30.5 Å². The summed E-state index contributed by atoms with van der Waals surface area (Å²) in [5.41, 5.74) is 6.74. The molecule has 2 aromatic rings. The van der Waals surface area contributed by atoms with Crippen molar-refractivity contribution in [1.29, 1.82) is 0 Å². The van der Waals surface area contributed by atoms with Gasteiger partial charge in [0, 0.05) is 0 Å². The second-order valence-corrected chi connectivity index (χ2v) is 5.08. The topological polar surface area (TPSA) is 68.0 Å². The Morgan fingerprint density at radius 2 is 1.81 bits per heavy atom. The van der Waals surface area contributed by atoms with Gasteiger partial charge in [0.15, 0.2) is 0 Å². The molecule has 0 spiro atoms. The van der Waals surface area contributed by atoms with Crippen LogP contribution in [0.5, 0.6) is 0 Å². The number of nitrogen functional groups attached to an aromatic ring is 1. The Kier molecular flexibility index (Phi) is 4.58. The number of nitrogens with one attached hydrogen (secondary N) is 1. The molecule has 21 heavy (non-hydrogen) atoms. The third kappa shape index (κ3) is 3.05. The highest BCUT2D eigenvalue weighted by Crippen LogP contribution is 2.33. The molecule has 0 aliphatic carbocycles. The van der Waals surface area contributed by atoms with Gasteiger partial charge < -0.3 is 11.1 Å². The number of aromatic nitrogens is 1. The zero-order valence-corrected chi connectivity index (χ0v) is 12.5. The van der Waals surface area contributed by atoms with Crippen LogP contribution in [0.15, 0.2) is 48.7 Å². The summed E-state index contributed by atoms with van der Waals surface area (Å²) < 4.78 is 0. The lowest BCUT2D eigenvalue weighted by Crippen LogP contribution is -2.39. The average molecular weight is 283 g/mol. The van der Waals surface area contributed by atoms with Gasteiger partial charge >= 0.3 is 0 Å². The Balaban J connectivity index is 2.30. The van der Waals surface area contributed by atoms with Gasteiger partial charge in [-0.2, -0.15) is 0 Å². The molecule has 3 N–H and O–H groups in total. The lowest BCUT2D eigenvalue weighted by atomic mass is 9.75. The van der Waals surface area contributed by atoms with Crippen molar-refractivity contribution in [3.63, 3.8) is 0 Å². The molecular formula is C17H21N3O. The quantitative estimate of drug-likeness (QED) is 0.884. The summed E-state index contributed by atoms with van der Waals surface area (Å²) in [6.07, 6.45) is 3.05. The van der Waals surface area contributed by atoms with Crippen LogP contribution in [-0.4, -0.2) is 10.9 Å². The van der Waals surface area contributed by atoms with E-state index >= 15 is 0 Å². The molecule has 0 bridgehead atoms. The Morgan fingerprint density at radius 3 is 2.33 bits per heavy atom. The van der Waals surface area contributed by atoms with E-state index in [-0.39, 0.29) is 5.91 Å². The average Bonchev–Trinajstić information content (AvgIpc) is 2.52. The van der Waals surface area contributed by atoms with Crippen molar-refractivity contribution in [3.8, 4) is 0 Å². The van der Waals surface area contributed by atoms with Crippen LogP contribution in [0, 0.1) is 0 Å². The normalized spacial score (nSPS) is 11.1. The minimum atomic E-state index is -0.525. The van der Waals surface area contributed by atoms with Gasteiger partial charge in [0.05, 0.1) is 17.3 Å². The maximum absolute atomic E-state index is 12.8. The number of carbonyl (C=O) groups is 1. The highest BCUT2D eigenvalue weighted by Gasteiger charge is 2.36. The van der Waals surface area contributed by atoms with Gasteiger partial charge in [0.2, 0.25) is 5.91 Å². The van der Waals surface area contributed by atoms with E-state index in [1.54, 1.807) is 18.3 Å². The third-order valence-corrected chi connectivity index (χ3v) is 4.01. The highest BCUT2D eigenvalue weighted by atomic mass is 16.2. The van der Waals surface area contributed by atoms with Crippen LogP contribution in [0.2, 0.25) is 0 Å². The van der Waals surface area contributed by atoms with Crippen LogP contribution in [0.3, 0.4) is 0 Å². The lowest BCUT2D eigenvalue weighted by molar-refractivity contribution is -0.121. The Hall–Kier alpha value is -2.36. The monoisotopic (exact) mass is 283 g/mol. The van der Waals surface area contributed by atoms with Gasteiger partial charge in [-0.1, -0.05) is 44.2 Å². The molecular weight excluding hydrogens is 262 g/mol. The molecule has 0 fully saturated rings. The molecule has 0 saturated carbocycles. The van der Waals surface area contributed by atoms with E-state index in [1.165, 1.54) is 0 Å². The number of amides is 1. The fraction of sp³-hybridized carbons (Fsp3) is 0.294. The molecule has 0 aliphatic rings. The summed E-state index contributed by atoms with van der Waals surface area (Å²) in [6.45, 7) is 4.08. The second kappa shape index (κ2) is 6.39. The van der Waals surface area contributed by atoms with Crippen molar-refractivity contribution in [1.82, 2.24) is 4.98 Å². The van der Waals surface area contributed by atoms with Crippen LogP contribution in [0.25, 0.3) is 0 Å². The van der Waals surface area contributed by atoms with E-state index in [9.17, 15) is 4.79 Å². The summed E-state index contributed by atoms with van der Waals surface area (Å²) in [5, 5.41) is 2.95. The van der Waals surface area contributed by atoms with Crippen LogP contribution in [0.1, 0.15) is 32.3 Å². The molecule has 4 nitrogen and oxygen atoms in total. The summed E-state index contributed by atoms with van der Waals surface area (Å²) in [6, 6.07) is 13.4. The Labute approximate surface area is 125 Å². The Morgan fingerprint density at radius 1 is 1.14 bits per heavy atom. The molecule has 0 radical (unpaired) electrons. The van der Waals surface area contributed by atoms with Crippen molar-refractivity contribution < 1.29 is 4.79 Å². The van der Waals surface area contributed by atoms with E-state index in [1.807, 2.05) is 44.2 Å². The third-order valence-electron chi connectivity index (χ3n) is 4.01. The van der Waals surface area contributed by atoms with Crippen LogP contribution in [0.4, 0.5) is 11.5 Å². The largest absolute Gasteiger partial charge is 0.384 e. The van der Waals surface area contributed by atoms with Crippen LogP contribution >= 0.6 is 0 Å². The standard InChI is InChI=1S/C17H21N3O/c1-3-17(4-2,13-8-6-5-7-9-13)16(21)20-14-10-11-15(18)19-12-14/h5-12H,3-4H2,1-2H3,(H2,18,19)(H,20,21). The van der Waals surface area contributed by atoms with Crippen molar-refractivity contribution in [3.05, 3.63) is 54.2 Å². The molecule has 1 amide bonds. The predicted molar refractivity (Wildman–Crippen MR) is 86.0 cm³/mol. The van der Waals surface area contributed by atoms with Gasteiger partial charge in [-0.3, -0.25) is 4.79 Å². The highest BCUT2D eigenvalue weighted by molar-refractivity contribution is 5.99. The number of rotatable bonds is 5. The lowest BCUT2D eigenvalue weighted by Gasteiger charge is -2.30. The first-order valence-electron chi connectivity index (χ1n) is 7.21. The van der Waals surface area contributed by atoms with Crippen molar-refractivity contribution >= 4 is 17.4 Å². The SMILES string of the molecule is CCC(CC)(C(=O)Nc1ccc(N)nc1)c1ccccc1. The van der Waals surface area contributed by atoms with E-state index in [4.69, 9.17) is 5.73 Å². The number of hydrogen-bond acceptors (Lipinski definition) is 3. The van der Waals surface area contributed by atoms with Crippen molar-refractivity contribution in [2.24, 2.45) is 0 Å². The second-order valence-electron chi connectivity index (χ2n) is 5.08. The zero-order chi connectivity index (χ0) is 15.3. The first-order valence-corrected chi connectivity index (χ1v) is 7.21. The van der Waals surface area contributed by atoms with Crippen molar-refractivity contribution in [2.45, 2.75) is 32.1 Å². The van der Waals surface area contributed by atoms with Gasteiger partial charge in [0.1, 0.15) is 5.82 Å². The van der Waals surface area contributed by atoms with E-state index in [0.29, 0.717) is 11.5 Å². The number of hydrogen-bond donors (Lipinski definition) is 2. The van der Waals surface area contributed by atoms with Gasteiger partial charge in [-0.25, -0.2) is 4.98 Å². The molecule has 1 heterocycles. The number of nitrogens with two attached hydrogens (primary N) is 1. The number of anilines is 2. The molecule has 0 atom stereocenters. The first-order chi connectivity index (χ1) is 10.1. The zero-order valence-electron chi connectivity index (χ0n) is 12.5. The number of pyridine rings is 1. The molecule has 4 heteroatoms. The van der Waals surface area contributed by atoms with E-state index in [2.05, 4.69) is 10.3 Å². The smallest absolute Gasteiger partial charge is 0.235 e. The molecule has 1 aromatic heterocycles. The number of benzene rings is 1. The fourth-order valence-electron chi connectivity index (χ4n) is 2.60. The maximum atomic E-state index is 12.8. The maximum Gasteiger partial charge on any atom is 0.235 e. The molecule has 2 rings (SSSR count). The fourth-order valence-corrected chi connectivity index (χ4v) is 2.60. The van der Waals surface area contributed by atoms with E-state index in [0.717, 1.165) is 18.4 Å². The summed E-state index contributed by atoms with van der Waals surface area (Å²) >= 11 is 0. The molecule has 0 aliphatic heterocycles. The minimum absolute atomic E-state index is 0.00901. The van der Waals surface area contributed by atoms with E-state index < -0.39 is 5.41 Å². The number of carbonyl (C=O) groups excluding carboxylic acids is 1. The molecule has 110 valence electrons. The summed E-state index contributed by atoms with van der Waals surface area (Å²) in [4.78, 5) is 16.8. The van der Waals surface area contributed by atoms with Crippen LogP contribution < -0.4 is 11.1 Å². The molecule has 0 saturated heterocycles. The summed E-state index contributed by atoms with van der Waals surface area (Å²) in [5.74, 6) is 0.429. The van der Waals surface area contributed by atoms with Crippen molar-refractivity contribution in [2.75, 3.05) is 11.1 Å². The van der Waals surface area contributed by atoms with Crippen LogP contribution in [-0.2, 0) is 10.2 Å². The van der Waals surface area contributed by atoms with Gasteiger partial charge in [-0.15, -0.1) is 0 Å². The Bertz CT molecular complexity index is 589. The molecule has 0 unspecified atom stereocenters. The number of nitrogens with zero attached hydrogens (tertiary/aromatic N) is 1. The summed E-state index contributed by atoms with van der Waals surface area (Å²) in [7, 11) is 0. The minimum Gasteiger partial charge on any atom is -0.384 e. The van der Waals surface area contributed by atoms with Gasteiger partial charge in [0.25, 0.3) is 0 Å². The molecule has 1 aromatic carbocycles.